The van der Waals surface area contributed by atoms with Crippen LogP contribution < -0.4 is 0 Å². The van der Waals surface area contributed by atoms with Crippen molar-refractivity contribution >= 4 is 0 Å². The molecule has 2 atom stereocenters. The molecular weight excluding hydrogens is 176 g/mol. The molecule has 0 aromatic rings. The lowest BCUT2D eigenvalue weighted by atomic mass is 10.1. The van der Waals surface area contributed by atoms with Gasteiger partial charge in [0.15, 0.2) is 0 Å². The second-order valence-corrected chi connectivity index (χ2v) is 5.18. The van der Waals surface area contributed by atoms with E-state index in [-0.39, 0.29) is 11.7 Å². The standard InChI is InChI=1S/2C6H12O/c1-6(7)4-2-3-5-6;1-5-3-2-4-6(5)7/h7H,2-5H2,1H3;5-7H,2-4H2,1H3. The zero-order valence-electron chi connectivity index (χ0n) is 9.50. The largest absolute Gasteiger partial charge is 0.393 e. The molecule has 0 bridgehead atoms. The fourth-order valence-electron chi connectivity index (χ4n) is 2.26. The number of hydrogen-bond acceptors (Lipinski definition) is 2. The van der Waals surface area contributed by atoms with Gasteiger partial charge < -0.3 is 10.2 Å². The number of hydrogen-bond donors (Lipinski definition) is 2. The van der Waals surface area contributed by atoms with Crippen molar-refractivity contribution < 1.29 is 10.2 Å². The minimum Gasteiger partial charge on any atom is -0.393 e. The van der Waals surface area contributed by atoms with Gasteiger partial charge in [-0.05, 0) is 38.5 Å². The van der Waals surface area contributed by atoms with Gasteiger partial charge in [0.1, 0.15) is 0 Å². The summed E-state index contributed by atoms with van der Waals surface area (Å²) in [4.78, 5) is 0. The molecule has 0 heterocycles. The number of aliphatic hydroxyl groups is 2. The lowest BCUT2D eigenvalue weighted by molar-refractivity contribution is 0.0681. The zero-order valence-corrected chi connectivity index (χ0v) is 9.50. The maximum atomic E-state index is 9.19. The van der Waals surface area contributed by atoms with Gasteiger partial charge in [0.25, 0.3) is 0 Å². The molecule has 0 aromatic heterocycles. The van der Waals surface area contributed by atoms with E-state index in [1.165, 1.54) is 25.7 Å². The topological polar surface area (TPSA) is 40.5 Å². The Balaban J connectivity index is 0.000000140. The van der Waals surface area contributed by atoms with Crippen molar-refractivity contribution in [2.45, 2.75) is 70.5 Å². The lowest BCUT2D eigenvalue weighted by Crippen LogP contribution is -2.17. The Morgan fingerprint density at radius 2 is 1.64 bits per heavy atom. The zero-order chi connectivity index (χ0) is 10.6. The predicted octanol–water partition coefficient (Wildman–Crippen LogP) is 2.48. The van der Waals surface area contributed by atoms with E-state index in [2.05, 4.69) is 6.92 Å². The quantitative estimate of drug-likeness (QED) is 0.630. The first kappa shape index (κ1) is 12.0. The molecule has 0 aliphatic heterocycles. The van der Waals surface area contributed by atoms with E-state index in [0.717, 1.165) is 19.3 Å². The van der Waals surface area contributed by atoms with E-state index in [4.69, 9.17) is 5.11 Å². The third-order valence-corrected chi connectivity index (χ3v) is 3.50. The summed E-state index contributed by atoms with van der Waals surface area (Å²) >= 11 is 0. The summed E-state index contributed by atoms with van der Waals surface area (Å²) in [7, 11) is 0. The Labute approximate surface area is 87.3 Å². The third-order valence-electron chi connectivity index (χ3n) is 3.50. The van der Waals surface area contributed by atoms with E-state index >= 15 is 0 Å². The Hall–Kier alpha value is -0.0800. The van der Waals surface area contributed by atoms with Crippen LogP contribution in [0.4, 0.5) is 0 Å². The minimum atomic E-state index is -0.306. The van der Waals surface area contributed by atoms with Gasteiger partial charge in [-0.3, -0.25) is 0 Å². The van der Waals surface area contributed by atoms with Crippen LogP contribution in [-0.4, -0.2) is 21.9 Å². The molecule has 0 aromatic carbocycles. The molecule has 2 aliphatic carbocycles. The van der Waals surface area contributed by atoms with Gasteiger partial charge in [-0.15, -0.1) is 0 Å². The van der Waals surface area contributed by atoms with Gasteiger partial charge in [-0.1, -0.05) is 26.2 Å². The highest BCUT2D eigenvalue weighted by atomic mass is 16.3. The van der Waals surface area contributed by atoms with Crippen molar-refractivity contribution in [2.75, 3.05) is 0 Å². The van der Waals surface area contributed by atoms with E-state index in [0.29, 0.717) is 5.92 Å². The van der Waals surface area contributed by atoms with Crippen LogP contribution in [0.5, 0.6) is 0 Å². The van der Waals surface area contributed by atoms with Gasteiger partial charge in [0, 0.05) is 0 Å². The number of aliphatic hydroxyl groups excluding tert-OH is 1. The summed E-state index contributed by atoms with van der Waals surface area (Å²) < 4.78 is 0. The Morgan fingerprint density at radius 1 is 1.07 bits per heavy atom. The van der Waals surface area contributed by atoms with Crippen LogP contribution in [0, 0.1) is 5.92 Å². The van der Waals surface area contributed by atoms with Crippen LogP contribution >= 0.6 is 0 Å². The molecule has 2 N–H and O–H groups in total. The van der Waals surface area contributed by atoms with Crippen molar-refractivity contribution in [3.63, 3.8) is 0 Å². The van der Waals surface area contributed by atoms with Crippen molar-refractivity contribution in [1.82, 2.24) is 0 Å². The maximum Gasteiger partial charge on any atom is 0.0619 e. The second kappa shape index (κ2) is 5.13. The summed E-state index contributed by atoms with van der Waals surface area (Å²) in [6.07, 6.45) is 7.94. The molecule has 2 saturated carbocycles. The van der Waals surface area contributed by atoms with Gasteiger partial charge in [0.05, 0.1) is 11.7 Å². The molecule has 2 unspecified atom stereocenters. The summed E-state index contributed by atoms with van der Waals surface area (Å²) in [6, 6.07) is 0. The molecule has 0 spiro atoms. The molecule has 0 saturated heterocycles. The molecule has 2 heteroatoms. The van der Waals surface area contributed by atoms with Gasteiger partial charge >= 0.3 is 0 Å². The molecule has 2 nitrogen and oxygen atoms in total. The third kappa shape index (κ3) is 3.97. The molecule has 84 valence electrons. The van der Waals surface area contributed by atoms with Crippen LogP contribution in [0.3, 0.4) is 0 Å². The molecule has 2 fully saturated rings. The van der Waals surface area contributed by atoms with Crippen molar-refractivity contribution in [1.29, 1.82) is 0 Å². The smallest absolute Gasteiger partial charge is 0.0619 e. The molecule has 14 heavy (non-hydrogen) atoms. The molecule has 0 radical (unpaired) electrons. The van der Waals surface area contributed by atoms with Crippen LogP contribution in [0.1, 0.15) is 58.8 Å². The Morgan fingerprint density at radius 3 is 1.79 bits per heavy atom. The van der Waals surface area contributed by atoms with Crippen molar-refractivity contribution in [2.24, 2.45) is 5.92 Å². The highest BCUT2D eigenvalue weighted by Crippen LogP contribution is 2.27. The van der Waals surface area contributed by atoms with E-state index < -0.39 is 0 Å². The fraction of sp³-hybridized carbons (Fsp3) is 1.00. The molecular formula is C12H24O2. The first-order valence-electron chi connectivity index (χ1n) is 5.92. The SMILES string of the molecule is CC1(O)CCCC1.CC1CCCC1O. The van der Waals surface area contributed by atoms with Gasteiger partial charge in [-0.2, -0.15) is 0 Å². The van der Waals surface area contributed by atoms with Crippen LogP contribution in [-0.2, 0) is 0 Å². The average molecular weight is 200 g/mol. The first-order chi connectivity index (χ1) is 6.51. The van der Waals surface area contributed by atoms with Gasteiger partial charge in [-0.25, -0.2) is 0 Å². The summed E-state index contributed by atoms with van der Waals surface area (Å²) in [6.45, 7) is 4.03. The van der Waals surface area contributed by atoms with Crippen LogP contribution in [0.15, 0.2) is 0 Å². The van der Waals surface area contributed by atoms with E-state index in [9.17, 15) is 5.11 Å². The minimum absolute atomic E-state index is 0.0139. The first-order valence-corrected chi connectivity index (χ1v) is 5.92. The number of rotatable bonds is 0. The summed E-state index contributed by atoms with van der Waals surface area (Å²) in [5, 5.41) is 18.2. The summed E-state index contributed by atoms with van der Waals surface area (Å²) in [5.74, 6) is 0.569. The van der Waals surface area contributed by atoms with Crippen molar-refractivity contribution in [3.05, 3.63) is 0 Å². The monoisotopic (exact) mass is 200 g/mol. The molecule has 2 rings (SSSR count). The fourth-order valence-corrected chi connectivity index (χ4v) is 2.26. The predicted molar refractivity (Wildman–Crippen MR) is 58.1 cm³/mol. The molecule has 2 aliphatic rings. The van der Waals surface area contributed by atoms with E-state index in [1.54, 1.807) is 0 Å². The van der Waals surface area contributed by atoms with Crippen LogP contribution in [0.2, 0.25) is 0 Å². The van der Waals surface area contributed by atoms with E-state index in [1.807, 2.05) is 6.92 Å². The highest BCUT2D eigenvalue weighted by Gasteiger charge is 2.24. The van der Waals surface area contributed by atoms with Gasteiger partial charge in [0.2, 0.25) is 0 Å². The Bertz CT molecular complexity index is 150. The maximum absolute atomic E-state index is 9.19. The highest BCUT2D eigenvalue weighted by molar-refractivity contribution is 4.78. The summed E-state index contributed by atoms with van der Waals surface area (Å²) in [5.41, 5.74) is -0.306. The lowest BCUT2D eigenvalue weighted by Gasteiger charge is -2.12. The average Bonchev–Trinajstić information content (AvgIpc) is 2.64. The van der Waals surface area contributed by atoms with Crippen LogP contribution in [0.25, 0.3) is 0 Å². The second-order valence-electron chi connectivity index (χ2n) is 5.18. The normalized spacial score (nSPS) is 35.1. The van der Waals surface area contributed by atoms with Crippen molar-refractivity contribution in [3.8, 4) is 0 Å². The molecule has 0 amide bonds. The Kier molecular flexibility index (Phi) is 4.39.